The highest BCUT2D eigenvalue weighted by Crippen LogP contribution is 2.29. The van der Waals surface area contributed by atoms with E-state index in [-0.39, 0.29) is 30.3 Å². The van der Waals surface area contributed by atoms with Crippen LogP contribution in [0.25, 0.3) is 0 Å². The predicted octanol–water partition coefficient (Wildman–Crippen LogP) is 3.35. The Morgan fingerprint density at radius 2 is 1.81 bits per heavy atom. The molecule has 37 heavy (non-hydrogen) atoms. The van der Waals surface area contributed by atoms with Crippen LogP contribution < -0.4 is 15.5 Å². The Kier molecular flexibility index (Phi) is 8.17. The molecule has 0 bridgehead atoms. The van der Waals surface area contributed by atoms with Gasteiger partial charge < -0.3 is 25.0 Å². The number of esters is 1. The number of cyclic esters (lactones) is 1. The number of nitrogens with zero attached hydrogens (tertiary/aromatic N) is 2. The first-order valence-electron chi connectivity index (χ1n) is 11.8. The van der Waals surface area contributed by atoms with Crippen molar-refractivity contribution in [2.75, 3.05) is 44.8 Å². The maximum atomic E-state index is 13.6. The van der Waals surface area contributed by atoms with Crippen LogP contribution in [-0.4, -0.2) is 68.9 Å². The van der Waals surface area contributed by atoms with E-state index in [1.54, 1.807) is 6.07 Å². The van der Waals surface area contributed by atoms with Crippen molar-refractivity contribution in [3.05, 3.63) is 65.0 Å². The Bertz CT molecular complexity index is 1170. The van der Waals surface area contributed by atoms with Crippen molar-refractivity contribution in [2.45, 2.75) is 24.9 Å². The molecule has 12 heteroatoms. The van der Waals surface area contributed by atoms with Crippen molar-refractivity contribution in [2.24, 2.45) is 0 Å². The molecule has 198 valence electrons. The van der Waals surface area contributed by atoms with Gasteiger partial charge >= 0.3 is 18.1 Å². The molecule has 1 atom stereocenters. The Morgan fingerprint density at radius 1 is 1.05 bits per heavy atom. The molecule has 2 aromatic carbocycles. The third-order valence-corrected chi connectivity index (χ3v) is 6.45. The van der Waals surface area contributed by atoms with Crippen LogP contribution in [0.3, 0.4) is 0 Å². The van der Waals surface area contributed by atoms with Crippen molar-refractivity contribution in [3.63, 3.8) is 0 Å². The van der Waals surface area contributed by atoms with Gasteiger partial charge in [-0.2, -0.15) is 0 Å². The molecule has 2 saturated heterocycles. The van der Waals surface area contributed by atoms with Gasteiger partial charge in [0, 0.05) is 32.2 Å². The zero-order valence-corrected chi connectivity index (χ0v) is 20.1. The van der Waals surface area contributed by atoms with Crippen LogP contribution in [0.1, 0.15) is 34.8 Å². The van der Waals surface area contributed by atoms with E-state index in [0.717, 1.165) is 29.9 Å². The van der Waals surface area contributed by atoms with Gasteiger partial charge in [0.15, 0.2) is 11.6 Å². The molecule has 2 aliphatic heterocycles. The quantitative estimate of drug-likeness (QED) is 0.427. The molecule has 2 fully saturated rings. The Morgan fingerprint density at radius 3 is 2.51 bits per heavy atom. The van der Waals surface area contributed by atoms with Gasteiger partial charge in [0.05, 0.1) is 18.4 Å². The second-order valence-electron chi connectivity index (χ2n) is 8.74. The summed E-state index contributed by atoms with van der Waals surface area (Å²) < 4.78 is 50.2. The molecule has 0 spiro atoms. The summed E-state index contributed by atoms with van der Waals surface area (Å²) in [4.78, 5) is 39.6. The van der Waals surface area contributed by atoms with E-state index in [2.05, 4.69) is 10.6 Å². The largest absolute Gasteiger partial charge is 0.465 e. The molecule has 2 N–H and O–H groups in total. The maximum absolute atomic E-state index is 13.6. The number of nitrogens with one attached hydrogen (secondary N) is 2. The second kappa shape index (κ2) is 11.5. The van der Waals surface area contributed by atoms with Crippen molar-refractivity contribution < 1.29 is 37.0 Å². The monoisotopic (exact) mass is 520 g/mol. The van der Waals surface area contributed by atoms with E-state index in [9.17, 15) is 27.6 Å². The van der Waals surface area contributed by atoms with Gasteiger partial charge in [-0.05, 0) is 48.7 Å². The lowest BCUT2D eigenvalue weighted by Crippen LogP contribution is -2.47. The summed E-state index contributed by atoms with van der Waals surface area (Å²) in [5, 5.41) is 5.99. The Balaban J connectivity index is 1.24. The SMILES string of the molecule is COC(=O)c1cc(F)ccc1N1CCC(NCCNC(=O)N2C(=O)OCC2c2ccc(F)c(F)c2)CC1. The number of carbonyl (C=O) groups excluding carboxylic acids is 3. The van der Waals surface area contributed by atoms with Crippen LogP contribution in [0.15, 0.2) is 36.4 Å². The number of hydrogen-bond acceptors (Lipinski definition) is 7. The molecular formula is C25H27F3N4O5. The molecule has 0 aromatic heterocycles. The lowest BCUT2D eigenvalue weighted by Gasteiger charge is -2.35. The summed E-state index contributed by atoms with van der Waals surface area (Å²) in [6.07, 6.45) is 0.644. The average Bonchev–Trinajstić information content (AvgIpc) is 3.29. The van der Waals surface area contributed by atoms with Gasteiger partial charge in [-0.3, -0.25) is 0 Å². The van der Waals surface area contributed by atoms with E-state index in [4.69, 9.17) is 9.47 Å². The summed E-state index contributed by atoms with van der Waals surface area (Å²) >= 11 is 0. The van der Waals surface area contributed by atoms with E-state index in [1.165, 1.54) is 25.3 Å². The molecule has 0 saturated carbocycles. The number of rotatable bonds is 7. The summed E-state index contributed by atoms with van der Waals surface area (Å²) in [5.41, 5.74) is 1.05. The topological polar surface area (TPSA) is 100 Å². The molecule has 2 aliphatic rings. The fourth-order valence-electron chi connectivity index (χ4n) is 4.52. The fraction of sp³-hybridized carbons (Fsp3) is 0.400. The number of imide groups is 1. The van der Waals surface area contributed by atoms with Crippen LogP contribution in [0.4, 0.5) is 28.4 Å². The number of halogens is 3. The third kappa shape index (κ3) is 5.96. The highest BCUT2D eigenvalue weighted by molar-refractivity contribution is 5.96. The van der Waals surface area contributed by atoms with Gasteiger partial charge in [-0.1, -0.05) is 6.07 Å². The van der Waals surface area contributed by atoms with Crippen LogP contribution in [0.5, 0.6) is 0 Å². The van der Waals surface area contributed by atoms with Crippen LogP contribution >= 0.6 is 0 Å². The van der Waals surface area contributed by atoms with E-state index in [1.807, 2.05) is 4.90 Å². The first-order chi connectivity index (χ1) is 17.8. The predicted molar refractivity (Wildman–Crippen MR) is 127 cm³/mol. The van der Waals surface area contributed by atoms with Crippen LogP contribution in [0.2, 0.25) is 0 Å². The molecule has 3 amide bonds. The van der Waals surface area contributed by atoms with Gasteiger partial charge in [0.2, 0.25) is 0 Å². The molecule has 4 rings (SSSR count). The van der Waals surface area contributed by atoms with Crippen molar-refractivity contribution in [3.8, 4) is 0 Å². The smallest absolute Gasteiger partial charge is 0.418 e. The van der Waals surface area contributed by atoms with Gasteiger partial charge in [0.25, 0.3) is 0 Å². The number of piperidine rings is 1. The zero-order chi connectivity index (χ0) is 26.5. The average molecular weight is 521 g/mol. The molecule has 0 aliphatic carbocycles. The molecule has 1 unspecified atom stereocenters. The fourth-order valence-corrected chi connectivity index (χ4v) is 4.52. The Hall–Kier alpha value is -3.80. The van der Waals surface area contributed by atoms with Crippen LogP contribution in [0, 0.1) is 17.5 Å². The first-order valence-corrected chi connectivity index (χ1v) is 11.8. The number of anilines is 1. The number of carbonyl (C=O) groups is 3. The summed E-state index contributed by atoms with van der Waals surface area (Å²) in [5.74, 6) is -3.21. The van der Waals surface area contributed by atoms with E-state index in [0.29, 0.717) is 25.3 Å². The summed E-state index contributed by atoms with van der Waals surface area (Å²) in [6, 6.07) is 5.83. The second-order valence-corrected chi connectivity index (χ2v) is 8.74. The number of ether oxygens (including phenoxy) is 2. The van der Waals surface area contributed by atoms with Gasteiger partial charge in [-0.15, -0.1) is 0 Å². The summed E-state index contributed by atoms with van der Waals surface area (Å²) in [7, 11) is 1.25. The Labute approximate surface area is 211 Å². The minimum absolute atomic E-state index is 0.153. The van der Waals surface area contributed by atoms with Crippen molar-refractivity contribution >= 4 is 23.8 Å². The highest BCUT2D eigenvalue weighted by atomic mass is 19.2. The number of hydrogen-bond donors (Lipinski definition) is 2. The third-order valence-electron chi connectivity index (χ3n) is 6.45. The number of benzene rings is 2. The normalized spacial score (nSPS) is 18.1. The lowest BCUT2D eigenvalue weighted by molar-refractivity contribution is 0.0600. The van der Waals surface area contributed by atoms with Crippen molar-refractivity contribution in [1.82, 2.24) is 15.5 Å². The zero-order valence-electron chi connectivity index (χ0n) is 20.1. The maximum Gasteiger partial charge on any atom is 0.418 e. The van der Waals surface area contributed by atoms with Gasteiger partial charge in [-0.25, -0.2) is 32.5 Å². The number of methoxy groups -OCH3 is 1. The van der Waals surface area contributed by atoms with E-state index >= 15 is 0 Å². The van der Waals surface area contributed by atoms with Crippen LogP contribution in [-0.2, 0) is 9.47 Å². The molecule has 2 heterocycles. The minimum Gasteiger partial charge on any atom is -0.465 e. The molecule has 2 aromatic rings. The molecule has 9 nitrogen and oxygen atoms in total. The highest BCUT2D eigenvalue weighted by Gasteiger charge is 2.39. The number of urea groups is 1. The summed E-state index contributed by atoms with van der Waals surface area (Å²) in [6.45, 7) is 1.77. The van der Waals surface area contributed by atoms with E-state index < -0.39 is 41.6 Å². The lowest BCUT2D eigenvalue weighted by atomic mass is 10.0. The minimum atomic E-state index is -1.08. The van der Waals surface area contributed by atoms with Gasteiger partial charge in [0.1, 0.15) is 18.5 Å². The van der Waals surface area contributed by atoms with Crippen molar-refractivity contribution in [1.29, 1.82) is 0 Å². The molecular weight excluding hydrogens is 493 g/mol. The standard InChI is InChI=1S/C25H27F3N4O5/c1-36-23(33)18-13-16(26)3-5-21(18)31-10-6-17(7-11-31)29-8-9-30-24(34)32-22(14-37-25(32)35)15-2-4-19(27)20(28)12-15/h2-5,12-13,17,22,29H,6-11,14H2,1H3,(H,30,34). The molecule has 0 radical (unpaired) electrons. The first kappa shape index (κ1) is 26.3. The number of amides is 3.